The number of H-pyrrole nitrogens is 1. The lowest BCUT2D eigenvalue weighted by Crippen LogP contribution is -1.74. The summed E-state index contributed by atoms with van der Waals surface area (Å²) in [5.74, 6) is -0.279. The van der Waals surface area contributed by atoms with Crippen LogP contribution in [-0.2, 0) is 0 Å². The van der Waals surface area contributed by atoms with Crippen LogP contribution in [0.15, 0.2) is 24.5 Å². The molecule has 0 fully saturated rings. The fourth-order valence-electron chi connectivity index (χ4n) is 0.929. The van der Waals surface area contributed by atoms with Gasteiger partial charge in [0.05, 0.1) is 11.8 Å². The number of fused-ring (bicyclic) bond motifs is 1. The van der Waals surface area contributed by atoms with E-state index in [1.54, 1.807) is 12.1 Å². The fourth-order valence-corrected chi connectivity index (χ4v) is 0.929. The Morgan fingerprint density at radius 3 is 3.10 bits per heavy atom. The van der Waals surface area contributed by atoms with Gasteiger partial charge in [0.25, 0.3) is 0 Å². The smallest absolute Gasteiger partial charge is 0.151 e. The molecule has 2 nitrogen and oxygen atoms in total. The van der Waals surface area contributed by atoms with Gasteiger partial charge in [-0.05, 0) is 12.1 Å². The molecule has 0 atom stereocenters. The molecule has 2 aromatic rings. The van der Waals surface area contributed by atoms with Crippen LogP contribution in [-0.4, -0.2) is 9.97 Å². The SMILES string of the molecule is Fc1cccc2[nH]cnc12. The summed E-state index contributed by atoms with van der Waals surface area (Å²) in [7, 11) is 0. The second-order valence-electron chi connectivity index (χ2n) is 2.04. The van der Waals surface area contributed by atoms with Gasteiger partial charge in [-0.15, -0.1) is 0 Å². The molecular formula is C7H5FN2. The summed E-state index contributed by atoms with van der Waals surface area (Å²) in [5.41, 5.74) is 1.14. The van der Waals surface area contributed by atoms with E-state index in [0.29, 0.717) is 5.52 Å². The highest BCUT2D eigenvalue weighted by Crippen LogP contribution is 2.11. The molecule has 1 aromatic carbocycles. The van der Waals surface area contributed by atoms with Gasteiger partial charge in [-0.25, -0.2) is 9.37 Å². The van der Waals surface area contributed by atoms with Gasteiger partial charge in [-0.3, -0.25) is 0 Å². The van der Waals surface area contributed by atoms with Crippen LogP contribution in [0, 0.1) is 5.82 Å². The Morgan fingerprint density at radius 1 is 1.40 bits per heavy atom. The lowest BCUT2D eigenvalue weighted by molar-refractivity contribution is 0.637. The van der Waals surface area contributed by atoms with Crippen molar-refractivity contribution in [3.05, 3.63) is 30.3 Å². The molecule has 0 aliphatic heterocycles. The zero-order valence-electron chi connectivity index (χ0n) is 5.13. The second-order valence-corrected chi connectivity index (χ2v) is 2.04. The van der Waals surface area contributed by atoms with Crippen molar-refractivity contribution in [2.24, 2.45) is 0 Å². The number of aromatic amines is 1. The summed E-state index contributed by atoms with van der Waals surface area (Å²) in [6.07, 6.45) is 1.48. The van der Waals surface area contributed by atoms with Gasteiger partial charge in [0.15, 0.2) is 5.82 Å². The third-order valence-corrected chi connectivity index (χ3v) is 1.40. The summed E-state index contributed by atoms with van der Waals surface area (Å²) >= 11 is 0. The standard InChI is InChI=1S/C7H5FN2/c8-5-2-1-3-6-7(5)10-4-9-6/h1-4H,(H,9,10). The van der Waals surface area contributed by atoms with Crippen LogP contribution in [0.5, 0.6) is 0 Å². The Morgan fingerprint density at radius 2 is 2.30 bits per heavy atom. The molecule has 10 heavy (non-hydrogen) atoms. The number of halogens is 1. The van der Waals surface area contributed by atoms with Crippen LogP contribution in [0.1, 0.15) is 0 Å². The first-order valence-electron chi connectivity index (χ1n) is 2.95. The summed E-state index contributed by atoms with van der Waals surface area (Å²) < 4.78 is 12.7. The number of para-hydroxylation sites is 1. The van der Waals surface area contributed by atoms with Gasteiger partial charge in [-0.2, -0.15) is 0 Å². The third-order valence-electron chi connectivity index (χ3n) is 1.40. The van der Waals surface area contributed by atoms with Gasteiger partial charge in [0.1, 0.15) is 5.52 Å². The fraction of sp³-hybridized carbons (Fsp3) is 0. The minimum absolute atomic E-state index is 0.279. The maximum absolute atomic E-state index is 12.7. The van der Waals surface area contributed by atoms with E-state index in [4.69, 9.17) is 0 Å². The van der Waals surface area contributed by atoms with E-state index in [1.165, 1.54) is 12.4 Å². The van der Waals surface area contributed by atoms with Crippen molar-refractivity contribution in [2.75, 3.05) is 0 Å². The molecule has 1 N–H and O–H groups in total. The summed E-state index contributed by atoms with van der Waals surface area (Å²) in [5, 5.41) is 0. The van der Waals surface area contributed by atoms with Crippen molar-refractivity contribution in [3.63, 3.8) is 0 Å². The number of hydrogen-bond donors (Lipinski definition) is 1. The Kier molecular flexibility index (Phi) is 0.974. The molecule has 0 saturated heterocycles. The molecule has 3 heteroatoms. The lowest BCUT2D eigenvalue weighted by Gasteiger charge is -1.86. The van der Waals surface area contributed by atoms with Crippen LogP contribution >= 0.6 is 0 Å². The molecule has 0 spiro atoms. The molecule has 0 radical (unpaired) electrons. The highest BCUT2D eigenvalue weighted by Gasteiger charge is 1.99. The Labute approximate surface area is 56.7 Å². The molecule has 0 bridgehead atoms. The number of aromatic nitrogens is 2. The maximum atomic E-state index is 12.7. The van der Waals surface area contributed by atoms with E-state index in [-0.39, 0.29) is 5.82 Å². The first-order valence-corrected chi connectivity index (χ1v) is 2.95. The van der Waals surface area contributed by atoms with Crippen LogP contribution < -0.4 is 0 Å². The quantitative estimate of drug-likeness (QED) is 0.586. The van der Waals surface area contributed by atoms with Crippen molar-refractivity contribution < 1.29 is 4.39 Å². The van der Waals surface area contributed by atoms with Gasteiger partial charge < -0.3 is 4.98 Å². The lowest BCUT2D eigenvalue weighted by atomic mass is 10.3. The molecule has 1 heterocycles. The molecule has 0 aliphatic rings. The van der Waals surface area contributed by atoms with Crippen LogP contribution in [0.3, 0.4) is 0 Å². The van der Waals surface area contributed by atoms with Crippen LogP contribution in [0.25, 0.3) is 11.0 Å². The van der Waals surface area contributed by atoms with Crippen molar-refractivity contribution in [2.45, 2.75) is 0 Å². The average Bonchev–Trinajstić information content (AvgIpc) is 2.36. The van der Waals surface area contributed by atoms with Crippen LogP contribution in [0.2, 0.25) is 0 Å². The third kappa shape index (κ3) is 0.603. The average molecular weight is 136 g/mol. The van der Waals surface area contributed by atoms with Gasteiger partial charge >= 0.3 is 0 Å². The molecular weight excluding hydrogens is 131 g/mol. The number of imidazole rings is 1. The van der Waals surface area contributed by atoms with Crippen molar-refractivity contribution in [1.29, 1.82) is 0 Å². The normalized spacial score (nSPS) is 10.5. The zero-order chi connectivity index (χ0) is 6.97. The predicted octanol–water partition coefficient (Wildman–Crippen LogP) is 1.70. The maximum Gasteiger partial charge on any atom is 0.151 e. The van der Waals surface area contributed by atoms with Gasteiger partial charge in [-0.1, -0.05) is 6.07 Å². The molecule has 50 valence electrons. The number of hydrogen-bond acceptors (Lipinski definition) is 1. The minimum Gasteiger partial charge on any atom is -0.345 e. The zero-order valence-corrected chi connectivity index (χ0v) is 5.13. The van der Waals surface area contributed by atoms with Crippen molar-refractivity contribution in [1.82, 2.24) is 9.97 Å². The molecule has 0 aliphatic carbocycles. The monoisotopic (exact) mass is 136 g/mol. The Bertz CT molecular complexity index is 353. The largest absolute Gasteiger partial charge is 0.345 e. The summed E-state index contributed by atoms with van der Waals surface area (Å²) in [6.45, 7) is 0. The predicted molar refractivity (Wildman–Crippen MR) is 36.1 cm³/mol. The van der Waals surface area contributed by atoms with Gasteiger partial charge in [0, 0.05) is 0 Å². The molecule has 0 unspecified atom stereocenters. The van der Waals surface area contributed by atoms with E-state index >= 15 is 0 Å². The molecule has 2 rings (SSSR count). The summed E-state index contributed by atoms with van der Waals surface area (Å²) in [6, 6.07) is 4.82. The number of benzene rings is 1. The van der Waals surface area contributed by atoms with Crippen LogP contribution in [0.4, 0.5) is 4.39 Å². The van der Waals surface area contributed by atoms with Crippen molar-refractivity contribution in [3.8, 4) is 0 Å². The summed E-state index contributed by atoms with van der Waals surface area (Å²) in [4.78, 5) is 6.60. The minimum atomic E-state index is -0.279. The highest BCUT2D eigenvalue weighted by atomic mass is 19.1. The molecule has 0 amide bonds. The van der Waals surface area contributed by atoms with Gasteiger partial charge in [0.2, 0.25) is 0 Å². The first-order chi connectivity index (χ1) is 4.88. The second kappa shape index (κ2) is 1.80. The van der Waals surface area contributed by atoms with E-state index in [0.717, 1.165) is 5.52 Å². The molecule has 0 saturated carbocycles. The first kappa shape index (κ1) is 5.41. The number of nitrogens with one attached hydrogen (secondary N) is 1. The number of nitrogens with zero attached hydrogens (tertiary/aromatic N) is 1. The van der Waals surface area contributed by atoms with E-state index in [9.17, 15) is 4.39 Å². The number of rotatable bonds is 0. The Balaban J connectivity index is 2.95. The topological polar surface area (TPSA) is 28.7 Å². The van der Waals surface area contributed by atoms with E-state index in [1.807, 2.05) is 0 Å². The molecule has 1 aromatic heterocycles. The van der Waals surface area contributed by atoms with E-state index in [2.05, 4.69) is 9.97 Å². The van der Waals surface area contributed by atoms with Crippen molar-refractivity contribution >= 4 is 11.0 Å². The Hall–Kier alpha value is -1.38. The van der Waals surface area contributed by atoms with E-state index < -0.39 is 0 Å². The highest BCUT2D eigenvalue weighted by molar-refractivity contribution is 5.74.